The molecule has 3 aromatic rings. The van der Waals surface area contributed by atoms with E-state index in [1.165, 1.54) is 12.1 Å². The Morgan fingerprint density at radius 1 is 1.36 bits per heavy atom. The molecular weight excluding hydrogens is 321 g/mol. The first-order chi connectivity index (χ1) is 11.8. The Labute approximate surface area is 144 Å². The Morgan fingerprint density at radius 2 is 2.04 bits per heavy atom. The molecule has 0 spiro atoms. The summed E-state index contributed by atoms with van der Waals surface area (Å²) in [6.07, 6.45) is 2.05. The lowest BCUT2D eigenvalue weighted by Crippen LogP contribution is -2.39. The van der Waals surface area contributed by atoms with Gasteiger partial charge in [0.1, 0.15) is 17.0 Å². The number of amides is 1. The van der Waals surface area contributed by atoms with E-state index in [-0.39, 0.29) is 11.0 Å². The fourth-order valence-corrected chi connectivity index (χ4v) is 4.13. The zero-order chi connectivity index (χ0) is 17.9. The molecule has 4 rings (SSSR count). The number of benzene rings is 1. The summed E-state index contributed by atoms with van der Waals surface area (Å²) in [4.78, 5) is 17.4. The van der Waals surface area contributed by atoms with Gasteiger partial charge in [0, 0.05) is 11.0 Å². The number of piperidine rings is 1. The normalized spacial score (nSPS) is 18.2. The van der Waals surface area contributed by atoms with Gasteiger partial charge in [-0.05, 0) is 52.0 Å². The van der Waals surface area contributed by atoms with Gasteiger partial charge in [0.2, 0.25) is 0 Å². The fraction of sp³-hybridized carbons (Fsp3) is 0.444. The van der Waals surface area contributed by atoms with Gasteiger partial charge in [0.15, 0.2) is 0 Å². The van der Waals surface area contributed by atoms with Crippen LogP contribution in [0.3, 0.4) is 0 Å². The molecule has 7 heteroatoms. The number of rotatable bonds is 2. The van der Waals surface area contributed by atoms with Crippen LogP contribution in [0.4, 0.5) is 4.39 Å². The number of hydrogen-bond acceptors (Lipinski definition) is 3. The Morgan fingerprint density at radius 3 is 2.68 bits per heavy atom. The second-order valence-corrected chi connectivity index (χ2v) is 7.42. The molecule has 0 radical (unpaired) electrons. The largest absolute Gasteiger partial charge is 0.366 e. The third-order valence-corrected chi connectivity index (χ3v) is 5.56. The minimum atomic E-state index is -0.661. The molecule has 1 aromatic carbocycles. The number of nitrogens with two attached hydrogens (primary N) is 1. The van der Waals surface area contributed by atoms with Gasteiger partial charge in [-0.1, -0.05) is 6.92 Å². The summed E-state index contributed by atoms with van der Waals surface area (Å²) >= 11 is 0. The zero-order valence-electron chi connectivity index (χ0n) is 14.7. The maximum absolute atomic E-state index is 13.9. The summed E-state index contributed by atoms with van der Waals surface area (Å²) in [5, 5.41) is 4.65. The number of fused-ring (bicyclic) bond motifs is 3. The Hall–Kier alpha value is -2.41. The average Bonchev–Trinajstić information content (AvgIpc) is 3.03. The topological polar surface area (TPSA) is 79.4 Å². The predicted octanol–water partition coefficient (Wildman–Crippen LogP) is 2.35. The van der Waals surface area contributed by atoms with Gasteiger partial charge < -0.3 is 15.6 Å². The van der Waals surface area contributed by atoms with Crippen LogP contribution in [0.2, 0.25) is 0 Å². The van der Waals surface area contributed by atoms with Crippen molar-refractivity contribution in [2.45, 2.75) is 32.1 Å². The monoisotopic (exact) mass is 343 g/mol. The molecule has 1 aliphatic heterocycles. The number of carbonyl (C=O) groups excluding carboxylic acids is 1. The summed E-state index contributed by atoms with van der Waals surface area (Å²) in [7, 11) is 2.13. The van der Waals surface area contributed by atoms with E-state index in [1.54, 1.807) is 4.52 Å². The molecule has 0 saturated carbocycles. The van der Waals surface area contributed by atoms with Crippen molar-refractivity contribution < 1.29 is 9.18 Å². The number of nitrogens with zero attached hydrogens (tertiary/aromatic N) is 3. The Bertz CT molecular complexity index is 994. The van der Waals surface area contributed by atoms with E-state index in [2.05, 4.69) is 29.0 Å². The number of primary amides is 1. The van der Waals surface area contributed by atoms with Gasteiger partial charge in [0.25, 0.3) is 5.91 Å². The van der Waals surface area contributed by atoms with Gasteiger partial charge >= 0.3 is 0 Å². The number of aromatic amines is 1. The third-order valence-electron chi connectivity index (χ3n) is 5.56. The SMILES string of the molecule is Cc1nn2c([nH]c3cc(F)cc(C(N)=O)c32)c1C1(C)CCN(C)CC1. The zero-order valence-corrected chi connectivity index (χ0v) is 14.7. The van der Waals surface area contributed by atoms with Crippen LogP contribution in [0.25, 0.3) is 16.7 Å². The van der Waals surface area contributed by atoms with Gasteiger partial charge in [0.05, 0.1) is 16.8 Å². The average molecular weight is 343 g/mol. The minimum Gasteiger partial charge on any atom is -0.366 e. The first kappa shape index (κ1) is 16.1. The highest BCUT2D eigenvalue weighted by atomic mass is 19.1. The lowest BCUT2D eigenvalue weighted by atomic mass is 9.74. The lowest BCUT2D eigenvalue weighted by molar-refractivity contribution is 0.100. The molecule has 1 fully saturated rings. The van der Waals surface area contributed by atoms with Crippen molar-refractivity contribution in [3.05, 3.63) is 34.8 Å². The first-order valence-electron chi connectivity index (χ1n) is 8.49. The van der Waals surface area contributed by atoms with E-state index in [0.717, 1.165) is 42.8 Å². The Kier molecular flexibility index (Phi) is 3.40. The predicted molar refractivity (Wildman–Crippen MR) is 94.3 cm³/mol. The highest BCUT2D eigenvalue weighted by Gasteiger charge is 2.36. The number of hydrogen-bond donors (Lipinski definition) is 2. The quantitative estimate of drug-likeness (QED) is 0.749. The number of aromatic nitrogens is 3. The van der Waals surface area contributed by atoms with Gasteiger partial charge in [-0.25, -0.2) is 8.91 Å². The summed E-state index contributed by atoms with van der Waals surface area (Å²) in [5.41, 5.74) is 9.57. The van der Waals surface area contributed by atoms with Crippen LogP contribution >= 0.6 is 0 Å². The van der Waals surface area contributed by atoms with E-state index >= 15 is 0 Å². The number of nitrogens with one attached hydrogen (secondary N) is 1. The van der Waals surface area contributed by atoms with Crippen LogP contribution in [-0.4, -0.2) is 45.5 Å². The molecule has 25 heavy (non-hydrogen) atoms. The second kappa shape index (κ2) is 5.29. The maximum Gasteiger partial charge on any atom is 0.251 e. The van der Waals surface area contributed by atoms with Crippen LogP contribution in [0, 0.1) is 12.7 Å². The van der Waals surface area contributed by atoms with E-state index in [9.17, 15) is 9.18 Å². The lowest BCUT2D eigenvalue weighted by Gasteiger charge is -2.37. The van der Waals surface area contributed by atoms with Crippen molar-refractivity contribution in [2.24, 2.45) is 5.73 Å². The van der Waals surface area contributed by atoms with Crippen molar-refractivity contribution in [1.82, 2.24) is 19.5 Å². The molecule has 6 nitrogen and oxygen atoms in total. The number of likely N-dealkylation sites (tertiary alicyclic amines) is 1. The van der Waals surface area contributed by atoms with Gasteiger partial charge in [-0.15, -0.1) is 0 Å². The van der Waals surface area contributed by atoms with Crippen molar-refractivity contribution in [3.8, 4) is 0 Å². The molecule has 3 heterocycles. The Balaban J connectivity index is 2.00. The number of carbonyl (C=O) groups is 1. The van der Waals surface area contributed by atoms with Crippen LogP contribution < -0.4 is 5.73 Å². The van der Waals surface area contributed by atoms with Crippen molar-refractivity contribution in [2.75, 3.05) is 20.1 Å². The van der Waals surface area contributed by atoms with Crippen molar-refractivity contribution in [1.29, 1.82) is 0 Å². The second-order valence-electron chi connectivity index (χ2n) is 7.42. The molecule has 0 unspecified atom stereocenters. The fourth-order valence-electron chi connectivity index (χ4n) is 4.13. The smallest absolute Gasteiger partial charge is 0.251 e. The number of imidazole rings is 1. The van der Waals surface area contributed by atoms with Crippen LogP contribution in [-0.2, 0) is 5.41 Å². The molecule has 0 atom stereocenters. The van der Waals surface area contributed by atoms with Crippen LogP contribution in [0.15, 0.2) is 12.1 Å². The highest BCUT2D eigenvalue weighted by molar-refractivity contribution is 6.05. The third kappa shape index (κ3) is 2.33. The number of halogens is 1. The van der Waals surface area contributed by atoms with Crippen molar-refractivity contribution >= 4 is 22.6 Å². The maximum atomic E-state index is 13.9. The summed E-state index contributed by atoms with van der Waals surface area (Å²) in [6, 6.07) is 2.55. The molecule has 1 amide bonds. The van der Waals surface area contributed by atoms with E-state index in [4.69, 9.17) is 5.73 Å². The molecule has 0 aliphatic carbocycles. The van der Waals surface area contributed by atoms with Crippen LogP contribution in [0.1, 0.15) is 41.4 Å². The first-order valence-corrected chi connectivity index (χ1v) is 8.49. The van der Waals surface area contributed by atoms with Gasteiger partial charge in [-0.3, -0.25) is 4.79 Å². The summed E-state index contributed by atoms with van der Waals surface area (Å²) in [5.74, 6) is -1.15. The molecule has 132 valence electrons. The summed E-state index contributed by atoms with van der Waals surface area (Å²) in [6.45, 7) is 6.29. The molecule has 1 aliphatic rings. The molecule has 1 saturated heterocycles. The van der Waals surface area contributed by atoms with E-state index in [1.807, 2.05) is 6.92 Å². The molecule has 2 aromatic heterocycles. The minimum absolute atomic E-state index is 0.00927. The highest BCUT2D eigenvalue weighted by Crippen LogP contribution is 2.39. The number of aryl methyl sites for hydroxylation is 1. The molecular formula is C18H22FN5O. The number of H-pyrrole nitrogens is 1. The van der Waals surface area contributed by atoms with Crippen molar-refractivity contribution in [3.63, 3.8) is 0 Å². The van der Waals surface area contributed by atoms with Gasteiger partial charge in [-0.2, -0.15) is 5.10 Å². The van der Waals surface area contributed by atoms with E-state index < -0.39 is 11.7 Å². The van der Waals surface area contributed by atoms with E-state index in [0.29, 0.717) is 11.0 Å². The molecule has 0 bridgehead atoms. The van der Waals surface area contributed by atoms with Crippen LogP contribution in [0.5, 0.6) is 0 Å². The summed E-state index contributed by atoms with van der Waals surface area (Å²) < 4.78 is 15.6. The standard InChI is InChI=1S/C18H22FN5O/c1-10-14(18(2)4-6-23(3)7-5-18)17-21-13-9-11(19)8-12(16(20)25)15(13)24(17)22-10/h8-9,21H,4-7H2,1-3H3,(H2,20,25). The molecule has 3 N–H and O–H groups in total.